The second-order valence-electron chi connectivity index (χ2n) is 13.8. The van der Waals surface area contributed by atoms with E-state index in [2.05, 4.69) is 18.0 Å². The molecular weight excluding hydrogens is 586 g/mol. The van der Waals surface area contributed by atoms with Crippen molar-refractivity contribution in [3.05, 3.63) is 35.5 Å². The average molecular weight is 636 g/mol. The van der Waals surface area contributed by atoms with E-state index in [1.807, 2.05) is 27.7 Å². The number of alkyl carbamates (subject to hydrolysis) is 1. The summed E-state index contributed by atoms with van der Waals surface area (Å²) in [5.74, 6) is -0.196. The van der Waals surface area contributed by atoms with Crippen LogP contribution in [0, 0.1) is 35.5 Å². The van der Waals surface area contributed by atoms with Gasteiger partial charge < -0.3 is 24.4 Å². The van der Waals surface area contributed by atoms with Gasteiger partial charge in [0.05, 0.1) is 37.2 Å². The zero-order chi connectivity index (χ0) is 33.6. The Morgan fingerprint density at radius 3 is 2.52 bits per heavy atom. The van der Waals surface area contributed by atoms with Crippen LogP contribution in [0.5, 0.6) is 5.88 Å². The van der Waals surface area contributed by atoms with Gasteiger partial charge in [-0.15, -0.1) is 0 Å². The van der Waals surface area contributed by atoms with E-state index >= 15 is 0 Å². The number of carbonyl (C=O) groups excluding carboxylic acids is 3. The predicted molar refractivity (Wildman–Crippen MR) is 172 cm³/mol. The zero-order valence-corrected chi connectivity index (χ0v) is 28.1. The highest BCUT2D eigenvalue weighted by atomic mass is 16.6. The third-order valence-electron chi connectivity index (χ3n) is 9.45. The van der Waals surface area contributed by atoms with Crippen LogP contribution in [0.2, 0.25) is 0 Å². The number of Topliss-reactive ketones (excluding diaryl/α,β-unsaturated/α-hetero) is 1. The van der Waals surface area contributed by atoms with E-state index < -0.39 is 41.5 Å². The maximum Gasteiger partial charge on any atom is 0.408 e. The molecular formula is C35H49N5O6. The molecule has 4 rings (SSSR count). The fourth-order valence-electron chi connectivity index (χ4n) is 7.00. The molecule has 1 aromatic rings. The van der Waals surface area contributed by atoms with Gasteiger partial charge in [-0.1, -0.05) is 40.2 Å². The van der Waals surface area contributed by atoms with Crippen LogP contribution in [0.3, 0.4) is 0 Å². The van der Waals surface area contributed by atoms with Crippen molar-refractivity contribution in [2.45, 2.75) is 117 Å². The average Bonchev–Trinajstić information content (AvgIpc) is 3.59. The summed E-state index contributed by atoms with van der Waals surface area (Å²) in [6.07, 6.45) is 8.94. The molecule has 11 heteroatoms. The molecule has 2 amide bonds. The number of nitrogens with zero attached hydrogens (tertiary/aromatic N) is 4. The maximum atomic E-state index is 14.3. The van der Waals surface area contributed by atoms with Crippen molar-refractivity contribution >= 4 is 23.9 Å². The lowest BCUT2D eigenvalue weighted by Crippen LogP contribution is -2.57. The molecule has 3 heterocycles. The minimum atomic E-state index is -0.972. The molecule has 1 saturated carbocycles. The Morgan fingerprint density at radius 1 is 1.13 bits per heavy atom. The number of ketones is 1. The van der Waals surface area contributed by atoms with Gasteiger partial charge in [-0.05, 0) is 69.8 Å². The predicted octanol–water partition coefficient (Wildman–Crippen LogP) is 5.46. The first-order chi connectivity index (χ1) is 21.9. The normalized spacial score (nSPS) is 27.9. The molecule has 0 unspecified atom stereocenters. The number of nitriles is 1. The fraction of sp³-hybridized carbons (Fsp3) is 0.657. The first-order valence-corrected chi connectivity index (χ1v) is 16.4. The summed E-state index contributed by atoms with van der Waals surface area (Å²) in [6.45, 7) is 12.7. The SMILES string of the molecule is C=C/C(=C\c1nc2c(nc1C)CCCCC[C@@H]1CCC[C@H]1OC(=O)N[C@@H](C(C)(C)C)C(=O)N1C[C@H](O2)[C@@H](CC#N)[C@H]1C(C)=O)OC. The summed E-state index contributed by atoms with van der Waals surface area (Å²) in [6, 6.07) is 0.306. The van der Waals surface area contributed by atoms with Gasteiger partial charge in [-0.2, -0.15) is 5.26 Å². The smallest absolute Gasteiger partial charge is 0.408 e. The Morgan fingerprint density at radius 2 is 1.87 bits per heavy atom. The van der Waals surface area contributed by atoms with Gasteiger partial charge in [0.1, 0.15) is 29.7 Å². The molecule has 0 radical (unpaired) electrons. The van der Waals surface area contributed by atoms with Crippen LogP contribution in [-0.4, -0.2) is 70.6 Å². The number of ether oxygens (including phenoxy) is 3. The number of hydrogen-bond donors (Lipinski definition) is 1. The molecule has 6 atom stereocenters. The van der Waals surface area contributed by atoms with Gasteiger partial charge >= 0.3 is 6.09 Å². The number of amides is 2. The van der Waals surface area contributed by atoms with E-state index in [0.29, 0.717) is 35.1 Å². The highest BCUT2D eigenvalue weighted by molar-refractivity contribution is 5.92. The van der Waals surface area contributed by atoms with Gasteiger partial charge in [-0.25, -0.2) is 9.78 Å². The molecule has 11 nitrogen and oxygen atoms in total. The van der Waals surface area contributed by atoms with Crippen molar-refractivity contribution in [1.82, 2.24) is 20.2 Å². The van der Waals surface area contributed by atoms with Crippen LogP contribution < -0.4 is 10.1 Å². The van der Waals surface area contributed by atoms with Crippen molar-refractivity contribution in [3.63, 3.8) is 0 Å². The van der Waals surface area contributed by atoms with Crippen LogP contribution >= 0.6 is 0 Å². The topological polar surface area (TPSA) is 144 Å². The van der Waals surface area contributed by atoms with Gasteiger partial charge in [0.15, 0.2) is 5.78 Å². The first-order valence-electron chi connectivity index (χ1n) is 16.4. The molecule has 2 aliphatic heterocycles. The van der Waals surface area contributed by atoms with Crippen LogP contribution in [0.25, 0.3) is 6.08 Å². The number of fused-ring (bicyclic) bond motifs is 4. The van der Waals surface area contributed by atoms with E-state index in [9.17, 15) is 19.6 Å². The van der Waals surface area contributed by atoms with Gasteiger partial charge in [0.25, 0.3) is 0 Å². The second kappa shape index (κ2) is 15.1. The molecule has 1 saturated heterocycles. The monoisotopic (exact) mass is 635 g/mol. The summed E-state index contributed by atoms with van der Waals surface area (Å²) in [7, 11) is 1.55. The van der Waals surface area contributed by atoms with Crippen LogP contribution in [0.15, 0.2) is 18.4 Å². The Kier molecular flexibility index (Phi) is 11.5. The number of aromatic nitrogens is 2. The van der Waals surface area contributed by atoms with E-state index in [1.54, 1.807) is 19.3 Å². The number of rotatable bonds is 5. The van der Waals surface area contributed by atoms with E-state index in [4.69, 9.17) is 24.2 Å². The van der Waals surface area contributed by atoms with E-state index in [1.165, 1.54) is 11.8 Å². The van der Waals surface area contributed by atoms with Crippen molar-refractivity contribution in [2.24, 2.45) is 17.3 Å². The summed E-state index contributed by atoms with van der Waals surface area (Å²) >= 11 is 0. The molecule has 2 fully saturated rings. The lowest BCUT2D eigenvalue weighted by Gasteiger charge is -2.35. The van der Waals surface area contributed by atoms with E-state index in [0.717, 1.165) is 44.9 Å². The lowest BCUT2D eigenvalue weighted by atomic mass is 9.85. The van der Waals surface area contributed by atoms with Crippen LogP contribution in [0.1, 0.15) is 96.1 Å². The zero-order valence-electron chi connectivity index (χ0n) is 28.1. The summed E-state index contributed by atoms with van der Waals surface area (Å²) in [4.78, 5) is 52.0. The molecule has 2 bridgehead atoms. The highest BCUT2D eigenvalue weighted by Gasteiger charge is 2.51. The van der Waals surface area contributed by atoms with E-state index in [-0.39, 0.29) is 30.8 Å². The lowest BCUT2D eigenvalue weighted by molar-refractivity contribution is -0.141. The van der Waals surface area contributed by atoms with Crippen LogP contribution in [-0.2, 0) is 25.5 Å². The van der Waals surface area contributed by atoms with Gasteiger partial charge in [0.2, 0.25) is 11.8 Å². The Bertz CT molecular complexity index is 1380. The number of carbonyl (C=O) groups is 3. The van der Waals surface area contributed by atoms with Crippen molar-refractivity contribution in [1.29, 1.82) is 5.26 Å². The molecule has 1 aliphatic carbocycles. The number of hydrogen-bond acceptors (Lipinski definition) is 9. The number of methoxy groups -OCH3 is 1. The molecule has 0 aromatic carbocycles. The summed E-state index contributed by atoms with van der Waals surface area (Å²) in [5, 5.41) is 12.7. The molecule has 0 spiro atoms. The first kappa shape index (κ1) is 34.9. The molecule has 250 valence electrons. The number of allylic oxidation sites excluding steroid dienone is 1. The van der Waals surface area contributed by atoms with Crippen molar-refractivity contribution in [3.8, 4) is 11.9 Å². The van der Waals surface area contributed by atoms with Crippen LogP contribution in [0.4, 0.5) is 4.79 Å². The third kappa shape index (κ3) is 8.06. The largest absolute Gasteiger partial charge is 0.497 e. The van der Waals surface area contributed by atoms with Gasteiger partial charge in [-0.3, -0.25) is 14.6 Å². The Balaban J connectivity index is 1.79. The third-order valence-corrected chi connectivity index (χ3v) is 9.45. The van der Waals surface area contributed by atoms with Crippen molar-refractivity contribution < 1.29 is 28.6 Å². The summed E-state index contributed by atoms with van der Waals surface area (Å²) < 4.78 is 17.9. The quantitative estimate of drug-likeness (QED) is 0.329. The number of nitrogens with one attached hydrogen (secondary N) is 1. The molecule has 3 aliphatic rings. The second-order valence-corrected chi connectivity index (χ2v) is 13.8. The maximum absolute atomic E-state index is 14.3. The summed E-state index contributed by atoms with van der Waals surface area (Å²) in [5.41, 5.74) is 1.24. The molecule has 1 N–H and O–H groups in total. The minimum Gasteiger partial charge on any atom is -0.497 e. The fourth-order valence-corrected chi connectivity index (χ4v) is 7.00. The molecule has 1 aromatic heterocycles. The Hall–Kier alpha value is -3.94. The number of aryl methyl sites for hydroxylation is 2. The van der Waals surface area contributed by atoms with Gasteiger partial charge in [0, 0.05) is 18.4 Å². The molecule has 46 heavy (non-hydrogen) atoms. The minimum absolute atomic E-state index is 0.0108. The standard InChI is InChI=1S/C35H49N5O6/c1-8-24(44-7)19-27-21(2)37-26-15-11-9-10-13-23-14-12-16-28(23)46-34(43)39-31(35(4,5)6)33(42)40-20-29(45-32(26)38-27)25(17-18-36)30(40)22(3)41/h8,19,23,25,28-31H,1,9-17,20H2,2-7H3,(H,39,43)/b24-19+/t23-,25-,28-,29+,30-,31-/m1/s1. The Labute approximate surface area is 272 Å². The highest BCUT2D eigenvalue weighted by Crippen LogP contribution is 2.36. The van der Waals surface area contributed by atoms with Crippen molar-refractivity contribution in [2.75, 3.05) is 13.7 Å².